The van der Waals surface area contributed by atoms with Crippen LogP contribution in [-0.4, -0.2) is 27.5 Å². The maximum absolute atomic E-state index is 12.8. The molecule has 0 bridgehead atoms. The topological polar surface area (TPSA) is 61.0 Å². The van der Waals surface area contributed by atoms with Gasteiger partial charge in [-0.3, -0.25) is 14.8 Å². The second-order valence-corrected chi connectivity index (χ2v) is 8.05. The van der Waals surface area contributed by atoms with Crippen molar-refractivity contribution in [2.75, 3.05) is 11.9 Å². The molecule has 1 amide bonds. The van der Waals surface area contributed by atoms with Crippen LogP contribution in [-0.2, 0) is 13.1 Å². The molecular weight excluding hydrogens is 360 g/mol. The van der Waals surface area contributed by atoms with Crippen molar-refractivity contribution in [3.63, 3.8) is 0 Å². The maximum Gasteiger partial charge on any atom is 0.256 e. The second kappa shape index (κ2) is 7.33. The van der Waals surface area contributed by atoms with Gasteiger partial charge in [0.05, 0.1) is 17.3 Å². The number of nitrogens with one attached hydrogen (secondary N) is 2. The quantitative estimate of drug-likeness (QED) is 0.664. The van der Waals surface area contributed by atoms with Gasteiger partial charge in [0.2, 0.25) is 0 Å². The van der Waals surface area contributed by atoms with E-state index in [1.165, 1.54) is 17.5 Å². The molecule has 0 saturated heterocycles. The average Bonchev–Trinajstić information content (AvgIpc) is 3.24. The molecule has 2 aromatic carbocycles. The van der Waals surface area contributed by atoms with Crippen LogP contribution >= 0.6 is 11.6 Å². The van der Waals surface area contributed by atoms with Crippen LogP contribution in [0.25, 0.3) is 10.9 Å². The van der Waals surface area contributed by atoms with Crippen LogP contribution < -0.4 is 5.32 Å². The Morgan fingerprint density at radius 2 is 2.07 bits per heavy atom. The van der Waals surface area contributed by atoms with Crippen LogP contribution in [0.15, 0.2) is 36.5 Å². The number of halogens is 1. The van der Waals surface area contributed by atoms with Crippen LogP contribution in [0.2, 0.25) is 5.02 Å². The van der Waals surface area contributed by atoms with E-state index < -0.39 is 0 Å². The van der Waals surface area contributed by atoms with Crippen molar-refractivity contribution in [3.8, 4) is 0 Å². The fraction of sp³-hybridized carbons (Fsp3) is 0.333. The Morgan fingerprint density at radius 1 is 1.26 bits per heavy atom. The zero-order valence-corrected chi connectivity index (χ0v) is 16.3. The number of fused-ring (bicyclic) bond motifs is 2. The first kappa shape index (κ1) is 18.0. The highest BCUT2D eigenvalue weighted by Gasteiger charge is 2.20. The molecule has 1 aliphatic heterocycles. The molecule has 140 valence electrons. The number of aromatic nitrogens is 2. The Morgan fingerprint density at radius 3 is 2.89 bits per heavy atom. The van der Waals surface area contributed by atoms with E-state index in [1.807, 2.05) is 6.07 Å². The fourth-order valence-corrected chi connectivity index (χ4v) is 3.76. The molecule has 6 heteroatoms. The van der Waals surface area contributed by atoms with Crippen LogP contribution in [0.5, 0.6) is 0 Å². The molecular formula is C21H23ClN4O. The first-order valence-corrected chi connectivity index (χ1v) is 9.65. The first-order chi connectivity index (χ1) is 13.0. The number of aromatic amines is 1. The first-order valence-electron chi connectivity index (χ1n) is 9.28. The molecule has 0 aliphatic carbocycles. The number of H-pyrrole nitrogens is 1. The summed E-state index contributed by atoms with van der Waals surface area (Å²) < 4.78 is 0. The van der Waals surface area contributed by atoms with E-state index in [-0.39, 0.29) is 5.91 Å². The lowest BCUT2D eigenvalue weighted by molar-refractivity contribution is 0.102. The molecule has 5 nitrogen and oxygen atoms in total. The molecule has 0 unspecified atom stereocenters. The van der Waals surface area contributed by atoms with Crippen LogP contribution in [0.4, 0.5) is 5.69 Å². The van der Waals surface area contributed by atoms with Crippen molar-refractivity contribution in [1.82, 2.24) is 15.1 Å². The fourth-order valence-electron chi connectivity index (χ4n) is 3.54. The van der Waals surface area contributed by atoms with Crippen LogP contribution in [0, 0.1) is 5.92 Å². The third-order valence-electron chi connectivity index (χ3n) is 5.04. The smallest absolute Gasteiger partial charge is 0.256 e. The zero-order chi connectivity index (χ0) is 19.0. The number of benzene rings is 2. The predicted octanol–water partition coefficient (Wildman–Crippen LogP) is 4.83. The number of carbonyl (C=O) groups excluding carboxylic acids is 1. The molecule has 0 fully saturated rings. The Balaban J connectivity index is 1.50. The minimum atomic E-state index is -0.182. The second-order valence-electron chi connectivity index (χ2n) is 7.62. The molecule has 0 saturated carbocycles. The molecule has 0 radical (unpaired) electrons. The van der Waals surface area contributed by atoms with E-state index in [4.69, 9.17) is 11.6 Å². The third kappa shape index (κ3) is 3.84. The number of carbonyl (C=O) groups is 1. The standard InChI is InChI=1S/C21H23ClN4O/c1-13(2)5-6-26-11-14-3-4-17(7-15(14)12-26)24-21(27)18-8-16(22)9-20-19(18)10-23-25-20/h3-4,7-10,13H,5-6,11-12H2,1-2H3,(H,23,25)(H,24,27). The van der Waals surface area contributed by atoms with Gasteiger partial charge in [-0.25, -0.2) is 0 Å². The van der Waals surface area contributed by atoms with Gasteiger partial charge < -0.3 is 5.32 Å². The van der Waals surface area contributed by atoms with E-state index >= 15 is 0 Å². The van der Waals surface area contributed by atoms with E-state index in [0.29, 0.717) is 16.5 Å². The molecule has 2 heterocycles. The van der Waals surface area contributed by atoms with Crippen molar-refractivity contribution >= 4 is 34.1 Å². The summed E-state index contributed by atoms with van der Waals surface area (Å²) in [6.45, 7) is 7.54. The predicted molar refractivity (Wildman–Crippen MR) is 109 cm³/mol. The van der Waals surface area contributed by atoms with E-state index in [2.05, 4.69) is 46.4 Å². The minimum absolute atomic E-state index is 0.182. The van der Waals surface area contributed by atoms with Gasteiger partial charge in [0.25, 0.3) is 5.91 Å². The van der Waals surface area contributed by atoms with E-state index in [9.17, 15) is 4.79 Å². The van der Waals surface area contributed by atoms with Gasteiger partial charge in [-0.2, -0.15) is 5.10 Å². The summed E-state index contributed by atoms with van der Waals surface area (Å²) in [4.78, 5) is 15.3. The third-order valence-corrected chi connectivity index (χ3v) is 5.26. The lowest BCUT2D eigenvalue weighted by Gasteiger charge is -2.15. The molecule has 2 N–H and O–H groups in total. The number of hydrogen-bond acceptors (Lipinski definition) is 3. The lowest BCUT2D eigenvalue weighted by Crippen LogP contribution is -2.18. The Hall–Kier alpha value is -2.37. The summed E-state index contributed by atoms with van der Waals surface area (Å²) in [7, 11) is 0. The Bertz CT molecular complexity index is 995. The highest BCUT2D eigenvalue weighted by Crippen LogP contribution is 2.27. The molecule has 0 atom stereocenters. The molecule has 0 spiro atoms. The molecule has 4 rings (SSSR count). The summed E-state index contributed by atoms with van der Waals surface area (Å²) in [6.07, 6.45) is 2.85. The van der Waals surface area contributed by atoms with Gasteiger partial charge in [0, 0.05) is 29.2 Å². The van der Waals surface area contributed by atoms with E-state index in [0.717, 1.165) is 36.2 Å². The average molecular weight is 383 g/mol. The van der Waals surface area contributed by atoms with Gasteiger partial charge in [-0.15, -0.1) is 0 Å². The molecule has 3 aromatic rings. The van der Waals surface area contributed by atoms with Gasteiger partial charge in [0.15, 0.2) is 0 Å². The normalized spacial score (nSPS) is 14.1. The monoisotopic (exact) mass is 382 g/mol. The number of anilines is 1. The Labute approximate surface area is 163 Å². The van der Waals surface area contributed by atoms with Crippen LogP contribution in [0.1, 0.15) is 41.8 Å². The number of amides is 1. The SMILES string of the molecule is CC(C)CCN1Cc2ccc(NC(=O)c3cc(Cl)cc4[nH]ncc34)cc2C1. The van der Waals surface area contributed by atoms with Gasteiger partial charge in [0.1, 0.15) is 0 Å². The van der Waals surface area contributed by atoms with Crippen molar-refractivity contribution in [1.29, 1.82) is 0 Å². The largest absolute Gasteiger partial charge is 0.322 e. The summed E-state index contributed by atoms with van der Waals surface area (Å²) >= 11 is 6.14. The summed E-state index contributed by atoms with van der Waals surface area (Å²) in [5.41, 5.74) is 4.71. The summed E-state index contributed by atoms with van der Waals surface area (Å²) in [5.74, 6) is 0.527. The lowest BCUT2D eigenvalue weighted by atomic mass is 10.1. The summed E-state index contributed by atoms with van der Waals surface area (Å²) in [5, 5.41) is 11.1. The number of hydrogen-bond donors (Lipinski definition) is 2. The number of rotatable bonds is 5. The van der Waals surface area contributed by atoms with Crippen molar-refractivity contribution in [2.24, 2.45) is 5.92 Å². The molecule has 1 aliphatic rings. The minimum Gasteiger partial charge on any atom is -0.322 e. The molecule has 1 aromatic heterocycles. The van der Waals surface area contributed by atoms with Crippen molar-refractivity contribution in [3.05, 3.63) is 58.2 Å². The van der Waals surface area contributed by atoms with Gasteiger partial charge in [-0.1, -0.05) is 31.5 Å². The highest BCUT2D eigenvalue weighted by atomic mass is 35.5. The maximum atomic E-state index is 12.8. The Kier molecular flexibility index (Phi) is 4.89. The summed E-state index contributed by atoms with van der Waals surface area (Å²) in [6, 6.07) is 9.61. The van der Waals surface area contributed by atoms with Gasteiger partial charge >= 0.3 is 0 Å². The van der Waals surface area contributed by atoms with Crippen molar-refractivity contribution < 1.29 is 4.79 Å². The molecule has 27 heavy (non-hydrogen) atoms. The van der Waals surface area contributed by atoms with E-state index in [1.54, 1.807) is 18.3 Å². The van der Waals surface area contributed by atoms with Crippen LogP contribution in [0.3, 0.4) is 0 Å². The zero-order valence-electron chi connectivity index (χ0n) is 15.6. The van der Waals surface area contributed by atoms with Crippen molar-refractivity contribution in [2.45, 2.75) is 33.4 Å². The van der Waals surface area contributed by atoms with Gasteiger partial charge in [-0.05, 0) is 54.3 Å². The number of nitrogens with zero attached hydrogens (tertiary/aromatic N) is 2. The highest BCUT2D eigenvalue weighted by molar-refractivity contribution is 6.32.